The Morgan fingerprint density at radius 2 is 2.20 bits per heavy atom. The molecule has 0 N–H and O–H groups in total. The minimum Gasteiger partial charge on any atom is -0.323 e. The minimum absolute atomic E-state index is 0.479. The van der Waals surface area contributed by atoms with Gasteiger partial charge in [0.1, 0.15) is 5.82 Å². The molecule has 3 rings (SSSR count). The first kappa shape index (κ1) is 13.9. The predicted molar refractivity (Wildman–Crippen MR) is 84.3 cm³/mol. The number of hydrogen-bond donors (Lipinski definition) is 0. The Bertz CT molecular complexity index is 619. The zero-order valence-electron chi connectivity index (χ0n) is 12.4. The summed E-state index contributed by atoms with van der Waals surface area (Å²) in [5.74, 6) is 2.11. The molecule has 2 atom stereocenters. The molecule has 20 heavy (non-hydrogen) atoms. The summed E-state index contributed by atoms with van der Waals surface area (Å²) < 4.78 is 2.40. The van der Waals surface area contributed by atoms with Gasteiger partial charge in [-0.1, -0.05) is 13.0 Å². The number of piperidine rings is 1. The molecule has 0 aliphatic carbocycles. The maximum atomic E-state index is 6.15. The Morgan fingerprint density at radius 1 is 1.40 bits per heavy atom. The maximum absolute atomic E-state index is 6.15. The normalized spacial score (nSPS) is 24.4. The van der Waals surface area contributed by atoms with Crippen molar-refractivity contribution in [2.45, 2.75) is 32.2 Å². The van der Waals surface area contributed by atoms with E-state index in [0.717, 1.165) is 24.4 Å². The second-order valence-corrected chi connectivity index (χ2v) is 6.39. The van der Waals surface area contributed by atoms with E-state index in [2.05, 4.69) is 48.6 Å². The maximum Gasteiger partial charge on any atom is 0.125 e. The van der Waals surface area contributed by atoms with Crippen molar-refractivity contribution in [2.75, 3.05) is 20.1 Å². The summed E-state index contributed by atoms with van der Waals surface area (Å²) in [6.45, 7) is 6.75. The zero-order chi connectivity index (χ0) is 14.3. The van der Waals surface area contributed by atoms with Gasteiger partial charge in [0.25, 0.3) is 0 Å². The fraction of sp³-hybridized carbons (Fsp3) is 0.562. The average Bonchev–Trinajstić information content (AvgIpc) is 2.76. The summed E-state index contributed by atoms with van der Waals surface area (Å²) in [5, 5.41) is 0. The first-order valence-electron chi connectivity index (χ1n) is 7.32. The highest BCUT2D eigenvalue weighted by molar-refractivity contribution is 6.16. The minimum atomic E-state index is 0.479. The standard InChI is InChI=1S/C16H22ClN3/c1-11-4-5-13-15(8-11)20(16(9-17)18-13)14-6-7-19(3)10-12(14)2/h4-5,8,12,14H,6-7,9-10H2,1-3H3. The van der Waals surface area contributed by atoms with Gasteiger partial charge in [-0.3, -0.25) is 0 Å². The topological polar surface area (TPSA) is 21.1 Å². The van der Waals surface area contributed by atoms with Gasteiger partial charge in [0.2, 0.25) is 0 Å². The molecule has 108 valence electrons. The van der Waals surface area contributed by atoms with Gasteiger partial charge in [-0.15, -0.1) is 11.6 Å². The van der Waals surface area contributed by atoms with Crippen LogP contribution in [0, 0.1) is 12.8 Å². The van der Waals surface area contributed by atoms with Crippen molar-refractivity contribution in [3.05, 3.63) is 29.6 Å². The molecule has 1 fully saturated rings. The Hall–Kier alpha value is -1.06. The summed E-state index contributed by atoms with van der Waals surface area (Å²) in [7, 11) is 2.20. The Kier molecular flexibility index (Phi) is 3.74. The molecule has 0 amide bonds. The molecule has 3 nitrogen and oxygen atoms in total. The van der Waals surface area contributed by atoms with Gasteiger partial charge >= 0.3 is 0 Å². The van der Waals surface area contributed by atoms with Gasteiger partial charge in [-0.2, -0.15) is 0 Å². The first-order chi connectivity index (χ1) is 9.60. The van der Waals surface area contributed by atoms with Crippen molar-refractivity contribution in [3.8, 4) is 0 Å². The molecular formula is C16H22ClN3. The van der Waals surface area contributed by atoms with Gasteiger partial charge in [0, 0.05) is 12.6 Å². The third-order valence-corrected chi connectivity index (χ3v) is 4.67. The van der Waals surface area contributed by atoms with Crippen LogP contribution >= 0.6 is 11.6 Å². The molecule has 0 spiro atoms. The van der Waals surface area contributed by atoms with Crippen LogP contribution in [-0.2, 0) is 5.88 Å². The lowest BCUT2D eigenvalue weighted by molar-refractivity contribution is 0.160. The van der Waals surface area contributed by atoms with E-state index in [-0.39, 0.29) is 0 Å². The van der Waals surface area contributed by atoms with Crippen LogP contribution in [0.5, 0.6) is 0 Å². The SMILES string of the molecule is Cc1ccc2nc(CCl)n(C3CCN(C)CC3C)c2c1. The quantitative estimate of drug-likeness (QED) is 0.789. The largest absolute Gasteiger partial charge is 0.323 e. The summed E-state index contributed by atoms with van der Waals surface area (Å²) in [6.07, 6.45) is 1.17. The van der Waals surface area contributed by atoms with Crippen LogP contribution in [0.3, 0.4) is 0 Å². The van der Waals surface area contributed by atoms with E-state index < -0.39 is 0 Å². The molecule has 0 saturated carbocycles. The lowest BCUT2D eigenvalue weighted by Crippen LogP contribution is -2.38. The number of aromatic nitrogens is 2. The van der Waals surface area contributed by atoms with Crippen LogP contribution in [0.2, 0.25) is 0 Å². The van der Waals surface area contributed by atoms with Crippen LogP contribution in [0.25, 0.3) is 11.0 Å². The molecule has 4 heteroatoms. The van der Waals surface area contributed by atoms with Crippen molar-refractivity contribution in [2.24, 2.45) is 5.92 Å². The van der Waals surface area contributed by atoms with Crippen LogP contribution in [-0.4, -0.2) is 34.6 Å². The molecule has 2 heterocycles. The molecule has 1 aromatic carbocycles. The highest BCUT2D eigenvalue weighted by atomic mass is 35.5. The van der Waals surface area contributed by atoms with E-state index in [4.69, 9.17) is 16.6 Å². The van der Waals surface area contributed by atoms with E-state index in [1.165, 1.54) is 17.5 Å². The third-order valence-electron chi connectivity index (χ3n) is 4.43. The second-order valence-electron chi connectivity index (χ2n) is 6.12. The third kappa shape index (κ3) is 2.33. The summed E-state index contributed by atoms with van der Waals surface area (Å²) in [6, 6.07) is 6.97. The van der Waals surface area contributed by atoms with Crippen LogP contribution in [0.4, 0.5) is 0 Å². The Labute approximate surface area is 125 Å². The number of rotatable bonds is 2. The summed E-state index contributed by atoms with van der Waals surface area (Å²) in [4.78, 5) is 7.13. The van der Waals surface area contributed by atoms with Crippen molar-refractivity contribution in [1.29, 1.82) is 0 Å². The fourth-order valence-corrected chi connectivity index (χ4v) is 3.63. The number of benzene rings is 1. The number of alkyl halides is 1. The lowest BCUT2D eigenvalue weighted by Gasteiger charge is -2.36. The lowest BCUT2D eigenvalue weighted by atomic mass is 9.93. The monoisotopic (exact) mass is 291 g/mol. The van der Waals surface area contributed by atoms with Gasteiger partial charge in [0.15, 0.2) is 0 Å². The molecule has 1 aliphatic heterocycles. The van der Waals surface area contributed by atoms with Crippen LogP contribution in [0.1, 0.15) is 30.8 Å². The smallest absolute Gasteiger partial charge is 0.125 e. The van der Waals surface area contributed by atoms with Crippen molar-refractivity contribution in [1.82, 2.24) is 14.5 Å². The summed E-state index contributed by atoms with van der Waals surface area (Å²) >= 11 is 6.15. The van der Waals surface area contributed by atoms with E-state index in [1.54, 1.807) is 0 Å². The van der Waals surface area contributed by atoms with E-state index >= 15 is 0 Å². The van der Waals surface area contributed by atoms with Gasteiger partial charge in [0.05, 0.1) is 16.9 Å². The predicted octanol–water partition coefficient (Wildman–Crippen LogP) is 3.60. The van der Waals surface area contributed by atoms with Gasteiger partial charge in [-0.05, 0) is 50.6 Å². The number of aryl methyl sites for hydroxylation is 1. The van der Waals surface area contributed by atoms with E-state index in [0.29, 0.717) is 17.8 Å². The van der Waals surface area contributed by atoms with Crippen molar-refractivity contribution < 1.29 is 0 Å². The molecule has 0 radical (unpaired) electrons. The molecule has 1 aromatic heterocycles. The number of nitrogens with zero attached hydrogens (tertiary/aromatic N) is 3. The highest BCUT2D eigenvalue weighted by Gasteiger charge is 2.28. The molecule has 2 aromatic rings. The molecule has 2 unspecified atom stereocenters. The number of imidazole rings is 1. The van der Waals surface area contributed by atoms with Crippen molar-refractivity contribution in [3.63, 3.8) is 0 Å². The number of fused-ring (bicyclic) bond motifs is 1. The van der Waals surface area contributed by atoms with Gasteiger partial charge in [-0.25, -0.2) is 4.98 Å². The van der Waals surface area contributed by atoms with E-state index in [1.807, 2.05) is 0 Å². The molecule has 0 bridgehead atoms. The first-order valence-corrected chi connectivity index (χ1v) is 7.85. The highest BCUT2D eigenvalue weighted by Crippen LogP contribution is 2.33. The Balaban J connectivity index is 2.11. The zero-order valence-corrected chi connectivity index (χ0v) is 13.2. The van der Waals surface area contributed by atoms with E-state index in [9.17, 15) is 0 Å². The number of likely N-dealkylation sites (tertiary alicyclic amines) is 1. The molecular weight excluding hydrogens is 270 g/mol. The van der Waals surface area contributed by atoms with Crippen LogP contribution < -0.4 is 0 Å². The average molecular weight is 292 g/mol. The molecule has 1 saturated heterocycles. The number of halogens is 1. The molecule has 1 aliphatic rings. The second kappa shape index (κ2) is 5.38. The van der Waals surface area contributed by atoms with Crippen LogP contribution in [0.15, 0.2) is 18.2 Å². The Morgan fingerprint density at radius 3 is 2.90 bits per heavy atom. The van der Waals surface area contributed by atoms with Gasteiger partial charge < -0.3 is 9.47 Å². The summed E-state index contributed by atoms with van der Waals surface area (Å²) in [5.41, 5.74) is 3.58. The number of hydrogen-bond acceptors (Lipinski definition) is 2. The van der Waals surface area contributed by atoms with Crippen molar-refractivity contribution >= 4 is 22.6 Å². The fourth-order valence-electron chi connectivity index (χ4n) is 3.44.